The van der Waals surface area contributed by atoms with Gasteiger partial charge in [-0.15, -0.1) is 0 Å². The number of carbonyl (C=O) groups excluding carboxylic acids is 1. The van der Waals surface area contributed by atoms with E-state index in [2.05, 4.69) is 6.92 Å². The molecular weight excluding hydrogens is 504 g/mol. The first kappa shape index (κ1) is 30.3. The molecule has 0 saturated carbocycles. The fourth-order valence-electron chi connectivity index (χ4n) is 4.43. The van der Waals surface area contributed by atoms with Crippen LogP contribution in [0.15, 0.2) is 66.7 Å². The van der Waals surface area contributed by atoms with Crippen molar-refractivity contribution in [3.05, 3.63) is 89.0 Å². The lowest BCUT2D eigenvalue weighted by Gasteiger charge is -2.11. The summed E-state index contributed by atoms with van der Waals surface area (Å²) in [6.45, 7) is 2.75. The van der Waals surface area contributed by atoms with Crippen molar-refractivity contribution in [2.75, 3.05) is 18.1 Å². The summed E-state index contributed by atoms with van der Waals surface area (Å²) >= 11 is 0. The summed E-state index contributed by atoms with van der Waals surface area (Å²) in [6, 6.07) is 18.2. The SMILES string of the molecule is CCCCCCc1ccc(OC(=O)/C=C/c2ccc(OCCCCCc3c(N)cc(N)cc3C(=O)O)cc2)cc1. The first-order chi connectivity index (χ1) is 19.4. The van der Waals surface area contributed by atoms with E-state index < -0.39 is 11.9 Å². The van der Waals surface area contributed by atoms with Crippen LogP contribution in [-0.2, 0) is 17.6 Å². The first-order valence-electron chi connectivity index (χ1n) is 14.0. The highest BCUT2D eigenvalue weighted by Crippen LogP contribution is 2.24. The van der Waals surface area contributed by atoms with E-state index in [0.29, 0.717) is 35.7 Å². The van der Waals surface area contributed by atoms with Gasteiger partial charge in [0.2, 0.25) is 0 Å². The van der Waals surface area contributed by atoms with Crippen molar-refractivity contribution in [3.63, 3.8) is 0 Å². The topological polar surface area (TPSA) is 125 Å². The van der Waals surface area contributed by atoms with Gasteiger partial charge in [-0.2, -0.15) is 0 Å². The zero-order chi connectivity index (χ0) is 28.7. The number of aryl methyl sites for hydroxylation is 1. The molecule has 0 aliphatic carbocycles. The third-order valence-corrected chi connectivity index (χ3v) is 6.63. The minimum Gasteiger partial charge on any atom is -0.494 e. The lowest BCUT2D eigenvalue weighted by molar-refractivity contribution is -0.128. The van der Waals surface area contributed by atoms with Crippen LogP contribution in [0.5, 0.6) is 11.5 Å². The molecule has 40 heavy (non-hydrogen) atoms. The van der Waals surface area contributed by atoms with Gasteiger partial charge in [0.25, 0.3) is 0 Å². The molecule has 0 aromatic heterocycles. The number of ether oxygens (including phenoxy) is 2. The van der Waals surface area contributed by atoms with Gasteiger partial charge in [0.15, 0.2) is 0 Å². The highest BCUT2D eigenvalue weighted by Gasteiger charge is 2.14. The second-order valence-corrected chi connectivity index (χ2v) is 9.88. The Balaban J connectivity index is 1.35. The molecule has 0 heterocycles. The van der Waals surface area contributed by atoms with Crippen LogP contribution in [0.1, 0.15) is 78.9 Å². The van der Waals surface area contributed by atoms with Gasteiger partial charge in [-0.3, -0.25) is 0 Å². The number of esters is 1. The Hall–Kier alpha value is -4.26. The van der Waals surface area contributed by atoms with Gasteiger partial charge in [0.05, 0.1) is 12.2 Å². The number of anilines is 2. The van der Waals surface area contributed by atoms with Crippen molar-refractivity contribution in [2.45, 2.75) is 64.7 Å². The normalized spacial score (nSPS) is 11.0. The molecule has 3 aromatic carbocycles. The number of nitrogen functional groups attached to an aromatic ring is 2. The van der Waals surface area contributed by atoms with Gasteiger partial charge < -0.3 is 26.0 Å². The summed E-state index contributed by atoms with van der Waals surface area (Å²) in [5.41, 5.74) is 15.4. The van der Waals surface area contributed by atoms with Gasteiger partial charge in [-0.1, -0.05) is 50.5 Å². The molecule has 3 aromatic rings. The number of benzene rings is 3. The van der Waals surface area contributed by atoms with Gasteiger partial charge in [-0.25, -0.2) is 9.59 Å². The molecule has 0 fully saturated rings. The first-order valence-corrected chi connectivity index (χ1v) is 14.0. The average molecular weight is 545 g/mol. The molecule has 0 radical (unpaired) electrons. The van der Waals surface area contributed by atoms with Crippen LogP contribution < -0.4 is 20.9 Å². The fourth-order valence-corrected chi connectivity index (χ4v) is 4.43. The maximum absolute atomic E-state index is 12.2. The van der Waals surface area contributed by atoms with Crippen molar-refractivity contribution in [3.8, 4) is 11.5 Å². The van der Waals surface area contributed by atoms with Crippen LogP contribution in [0.4, 0.5) is 11.4 Å². The van der Waals surface area contributed by atoms with E-state index in [4.69, 9.17) is 20.9 Å². The highest BCUT2D eigenvalue weighted by atomic mass is 16.5. The quantitative estimate of drug-likeness (QED) is 0.0578. The molecule has 0 atom stereocenters. The number of aromatic carboxylic acids is 1. The molecule has 3 rings (SSSR count). The van der Waals surface area contributed by atoms with E-state index in [9.17, 15) is 14.7 Å². The summed E-state index contributed by atoms with van der Waals surface area (Å²) in [7, 11) is 0. The van der Waals surface area contributed by atoms with Gasteiger partial charge in [-0.05, 0) is 97.7 Å². The van der Waals surface area contributed by atoms with Gasteiger partial charge in [0.1, 0.15) is 11.5 Å². The Labute approximate surface area is 236 Å². The number of hydrogen-bond donors (Lipinski definition) is 3. The summed E-state index contributed by atoms with van der Waals surface area (Å²) < 4.78 is 11.2. The lowest BCUT2D eigenvalue weighted by Crippen LogP contribution is -2.08. The third kappa shape index (κ3) is 10.1. The van der Waals surface area contributed by atoms with Crippen molar-refractivity contribution in [1.82, 2.24) is 0 Å². The van der Waals surface area contributed by atoms with E-state index in [-0.39, 0.29) is 5.56 Å². The third-order valence-electron chi connectivity index (χ3n) is 6.63. The minimum atomic E-state index is -1.02. The Morgan fingerprint density at radius 1 is 0.825 bits per heavy atom. The molecule has 7 heteroatoms. The molecular formula is C33H40N2O5. The highest BCUT2D eigenvalue weighted by molar-refractivity contribution is 5.92. The molecule has 212 valence electrons. The molecule has 0 amide bonds. The number of hydrogen-bond acceptors (Lipinski definition) is 6. The maximum atomic E-state index is 12.2. The number of unbranched alkanes of at least 4 members (excludes halogenated alkanes) is 5. The summed E-state index contributed by atoms with van der Waals surface area (Å²) in [5.74, 6) is -0.168. The van der Waals surface area contributed by atoms with E-state index in [0.717, 1.165) is 37.0 Å². The fraction of sp³-hybridized carbons (Fsp3) is 0.333. The predicted molar refractivity (Wildman–Crippen MR) is 161 cm³/mol. The summed E-state index contributed by atoms with van der Waals surface area (Å²) in [4.78, 5) is 23.7. The largest absolute Gasteiger partial charge is 0.494 e. The molecule has 0 aliphatic rings. The second-order valence-electron chi connectivity index (χ2n) is 9.88. The van der Waals surface area contributed by atoms with Crippen LogP contribution in [0, 0.1) is 0 Å². The number of carboxylic acids is 1. The number of nitrogens with two attached hydrogens (primary N) is 2. The molecule has 0 aliphatic heterocycles. The molecule has 0 unspecified atom stereocenters. The zero-order valence-electron chi connectivity index (χ0n) is 23.2. The summed E-state index contributed by atoms with van der Waals surface area (Å²) in [6.07, 6.45) is 12.1. The van der Waals surface area contributed by atoms with E-state index in [1.165, 1.54) is 43.4 Å². The monoisotopic (exact) mass is 544 g/mol. The van der Waals surface area contributed by atoms with E-state index in [1.807, 2.05) is 48.5 Å². The van der Waals surface area contributed by atoms with E-state index >= 15 is 0 Å². The van der Waals surface area contributed by atoms with Crippen LogP contribution in [0.3, 0.4) is 0 Å². The molecule has 0 bridgehead atoms. The Morgan fingerprint density at radius 3 is 2.20 bits per heavy atom. The number of carbonyl (C=O) groups is 2. The van der Waals surface area contributed by atoms with Crippen LogP contribution in [0.25, 0.3) is 6.08 Å². The molecule has 7 nitrogen and oxygen atoms in total. The molecule has 0 spiro atoms. The standard InChI is InChI=1S/C33H40N2O5/c1-2-3-4-6-9-24-13-18-28(19-14-24)40-32(36)20-15-25-11-16-27(17-12-25)39-21-8-5-7-10-29-30(33(37)38)22-26(34)23-31(29)35/h11-20,22-23H,2-10,21,34-35H2,1H3,(H,37,38)/b20-15+. The molecule has 5 N–H and O–H groups in total. The Bertz CT molecular complexity index is 1270. The van der Waals surface area contributed by atoms with Gasteiger partial charge in [0, 0.05) is 17.5 Å². The number of rotatable bonds is 16. The van der Waals surface area contributed by atoms with Crippen LogP contribution >= 0.6 is 0 Å². The van der Waals surface area contributed by atoms with Gasteiger partial charge >= 0.3 is 11.9 Å². The predicted octanol–water partition coefficient (Wildman–Crippen LogP) is 7.08. The zero-order valence-corrected chi connectivity index (χ0v) is 23.2. The summed E-state index contributed by atoms with van der Waals surface area (Å²) in [5, 5.41) is 9.41. The van der Waals surface area contributed by atoms with Crippen molar-refractivity contribution in [2.24, 2.45) is 0 Å². The lowest BCUT2D eigenvalue weighted by atomic mass is 9.98. The van der Waals surface area contributed by atoms with Crippen LogP contribution in [-0.4, -0.2) is 23.7 Å². The van der Waals surface area contributed by atoms with Crippen molar-refractivity contribution in [1.29, 1.82) is 0 Å². The molecule has 0 saturated heterocycles. The van der Waals surface area contributed by atoms with Crippen LogP contribution in [0.2, 0.25) is 0 Å². The number of carboxylic acid groups (broad SMARTS) is 1. The Morgan fingerprint density at radius 2 is 1.50 bits per heavy atom. The van der Waals surface area contributed by atoms with E-state index in [1.54, 1.807) is 12.1 Å². The maximum Gasteiger partial charge on any atom is 0.336 e. The average Bonchev–Trinajstić information content (AvgIpc) is 2.94. The smallest absolute Gasteiger partial charge is 0.336 e. The minimum absolute atomic E-state index is 0.165. The Kier molecular flexibility index (Phi) is 12.1. The second kappa shape index (κ2) is 16.0. The van der Waals surface area contributed by atoms with Crippen molar-refractivity contribution >= 4 is 29.4 Å². The van der Waals surface area contributed by atoms with Crippen molar-refractivity contribution < 1.29 is 24.2 Å².